The van der Waals surface area contributed by atoms with Crippen LogP contribution < -0.4 is 5.32 Å². The molecule has 3 fully saturated rings. The topological polar surface area (TPSA) is 12.0 Å². The molecule has 0 aromatic rings. The lowest BCUT2D eigenvalue weighted by molar-refractivity contribution is -1.27. The lowest BCUT2D eigenvalue weighted by Gasteiger charge is -2.70. The molecule has 0 amide bonds. The van der Waals surface area contributed by atoms with Gasteiger partial charge in [0.05, 0.1) is 11.1 Å². The minimum Gasteiger partial charge on any atom is -0.296 e. The number of quaternary nitrogens is 3. The van der Waals surface area contributed by atoms with Crippen LogP contribution in [0.25, 0.3) is 0 Å². The van der Waals surface area contributed by atoms with Gasteiger partial charge in [-0.2, -0.15) is 0 Å². The maximum Gasteiger partial charge on any atom is 0.347 e. The standard InChI is InChI=1S/C37H71N4/c1-26(2)23-39-29-40(24-27(3)4,33(13,14)31(9,10)38-30(7,8)32(39,11)12)35(17,18)37(21,22)41(29,25-28(5)6)36(19,20)34(39,15)16/h29,38H,1,3,5,23-25H2,2,4,6-22H3/q+3. The Morgan fingerprint density at radius 1 is 0.439 bits per heavy atom. The van der Waals surface area contributed by atoms with Crippen LogP contribution in [-0.4, -0.2) is 83.7 Å². The second kappa shape index (κ2) is 8.61. The highest BCUT2D eigenvalue weighted by Crippen LogP contribution is 2.74. The molecular formula is C37H71N4+3. The predicted molar refractivity (Wildman–Crippen MR) is 179 cm³/mol. The molecule has 3 aliphatic rings. The van der Waals surface area contributed by atoms with Crippen molar-refractivity contribution >= 4 is 0 Å². The predicted octanol–water partition coefficient (Wildman–Crippen LogP) is 8.31. The van der Waals surface area contributed by atoms with E-state index in [1.807, 2.05) is 0 Å². The van der Waals surface area contributed by atoms with Gasteiger partial charge in [0.2, 0.25) is 0 Å². The number of nitrogens with one attached hydrogen (secondary N) is 1. The van der Waals surface area contributed by atoms with E-state index in [2.05, 4.69) is 157 Å². The third-order valence-corrected chi connectivity index (χ3v) is 15.4. The van der Waals surface area contributed by atoms with E-state index in [1.54, 1.807) is 0 Å². The van der Waals surface area contributed by atoms with Gasteiger partial charge in [-0.15, -0.1) is 0 Å². The second-order valence-electron chi connectivity index (χ2n) is 19.0. The molecule has 0 aromatic heterocycles. The first-order valence-corrected chi connectivity index (χ1v) is 16.2. The van der Waals surface area contributed by atoms with Crippen molar-refractivity contribution in [1.82, 2.24) is 5.32 Å². The van der Waals surface area contributed by atoms with Gasteiger partial charge >= 0.3 is 6.29 Å². The van der Waals surface area contributed by atoms with Crippen LogP contribution in [0.5, 0.6) is 0 Å². The lowest BCUT2D eigenvalue weighted by atomic mass is 9.64. The van der Waals surface area contributed by atoms with E-state index in [4.69, 9.17) is 0 Å². The summed E-state index contributed by atoms with van der Waals surface area (Å²) in [6.45, 7) is 64.7. The quantitative estimate of drug-likeness (QED) is 0.250. The molecule has 0 bridgehead atoms. The molecule has 2 unspecified atom stereocenters. The molecule has 0 radical (unpaired) electrons. The van der Waals surface area contributed by atoms with E-state index < -0.39 is 0 Å². The van der Waals surface area contributed by atoms with Gasteiger partial charge in [0.15, 0.2) is 22.2 Å². The van der Waals surface area contributed by atoms with Crippen molar-refractivity contribution in [3.05, 3.63) is 36.5 Å². The highest BCUT2D eigenvalue weighted by Gasteiger charge is 2.99. The molecule has 2 atom stereocenters. The van der Waals surface area contributed by atoms with Crippen LogP contribution in [0.1, 0.15) is 132 Å². The van der Waals surface area contributed by atoms with Gasteiger partial charge in [0.25, 0.3) is 0 Å². The molecule has 3 rings (SSSR count). The number of rotatable bonds is 6. The molecule has 41 heavy (non-hydrogen) atoms. The average molecular weight is 572 g/mol. The average Bonchev–Trinajstić information content (AvgIpc) is 2.91. The van der Waals surface area contributed by atoms with Gasteiger partial charge in [0.1, 0.15) is 30.7 Å². The van der Waals surface area contributed by atoms with Gasteiger partial charge < -0.3 is 0 Å². The van der Waals surface area contributed by atoms with Gasteiger partial charge in [-0.05, 0) is 148 Å². The summed E-state index contributed by atoms with van der Waals surface area (Å²) in [5.74, 6) is 0. The molecule has 0 saturated carbocycles. The fourth-order valence-electron chi connectivity index (χ4n) is 11.6. The van der Waals surface area contributed by atoms with Gasteiger partial charge in [-0.25, -0.2) is 13.4 Å². The molecule has 4 nitrogen and oxygen atoms in total. The van der Waals surface area contributed by atoms with Crippen molar-refractivity contribution in [2.24, 2.45) is 0 Å². The zero-order valence-corrected chi connectivity index (χ0v) is 31.2. The Bertz CT molecular complexity index is 1080. The van der Waals surface area contributed by atoms with Crippen molar-refractivity contribution in [1.29, 1.82) is 0 Å². The van der Waals surface area contributed by atoms with E-state index in [0.29, 0.717) is 0 Å². The Morgan fingerprint density at radius 3 is 0.829 bits per heavy atom. The number of hydrogen-bond donors (Lipinski definition) is 1. The van der Waals surface area contributed by atoms with Crippen molar-refractivity contribution in [3.63, 3.8) is 0 Å². The van der Waals surface area contributed by atoms with Crippen LogP contribution in [0.2, 0.25) is 0 Å². The van der Waals surface area contributed by atoms with Crippen molar-refractivity contribution in [2.45, 2.75) is 182 Å². The first-order valence-electron chi connectivity index (χ1n) is 16.2. The highest BCUT2D eigenvalue weighted by atomic mass is 15.9. The zero-order valence-electron chi connectivity index (χ0n) is 31.2. The molecule has 0 aliphatic carbocycles. The van der Waals surface area contributed by atoms with Crippen LogP contribution in [0.15, 0.2) is 36.5 Å². The molecule has 3 aliphatic heterocycles. The lowest BCUT2D eigenvalue weighted by Crippen LogP contribution is -2.94. The summed E-state index contributed by atoms with van der Waals surface area (Å²) in [7, 11) is 0. The van der Waals surface area contributed by atoms with Crippen LogP contribution >= 0.6 is 0 Å². The van der Waals surface area contributed by atoms with Crippen LogP contribution in [0.3, 0.4) is 0 Å². The SMILES string of the molecule is C=C(C)C[N+]12C3[N+](CC(=C)C)(C(C)(C)C(C)(C)NC(C)(C)C1(C)C)C(C)(C)C(C)(C)[N+]3(CC(=C)C)C(C)(C)C2(C)C. The minimum atomic E-state index is -0.185. The number of nitrogens with zero attached hydrogens (tertiary/aromatic N) is 3. The summed E-state index contributed by atoms with van der Waals surface area (Å²) in [6.07, 6.45) is 0.223. The monoisotopic (exact) mass is 572 g/mol. The molecule has 0 aromatic carbocycles. The molecule has 3 saturated heterocycles. The third-order valence-electron chi connectivity index (χ3n) is 15.4. The van der Waals surface area contributed by atoms with E-state index >= 15 is 0 Å². The summed E-state index contributed by atoms with van der Waals surface area (Å²) in [6, 6.07) is 0. The summed E-state index contributed by atoms with van der Waals surface area (Å²) < 4.78 is 2.90. The Balaban J connectivity index is 2.93. The molecule has 4 heteroatoms. The van der Waals surface area contributed by atoms with E-state index in [0.717, 1.165) is 33.1 Å². The Kier molecular flexibility index (Phi) is 7.26. The smallest absolute Gasteiger partial charge is 0.296 e. The largest absolute Gasteiger partial charge is 0.347 e. The summed E-state index contributed by atoms with van der Waals surface area (Å²) >= 11 is 0. The summed E-state index contributed by atoms with van der Waals surface area (Å²) in [4.78, 5) is 0. The first-order chi connectivity index (χ1) is 17.8. The van der Waals surface area contributed by atoms with Crippen molar-refractivity contribution in [2.75, 3.05) is 19.6 Å². The third kappa shape index (κ3) is 3.27. The second-order valence-corrected chi connectivity index (χ2v) is 19.0. The minimum absolute atomic E-state index is 0.0974. The fraction of sp³-hybridized carbons (Fsp3) is 0.838. The molecule has 236 valence electrons. The maximum absolute atomic E-state index is 4.68. The van der Waals surface area contributed by atoms with Crippen LogP contribution in [0, 0.1) is 0 Å². The summed E-state index contributed by atoms with van der Waals surface area (Å²) in [5, 5.41) is 4.37. The molecule has 3 heterocycles. The molecule has 0 spiro atoms. The normalized spacial score (nSPS) is 39.7. The zero-order chi connectivity index (χ0) is 32.6. The fourth-order valence-corrected chi connectivity index (χ4v) is 11.6. The maximum atomic E-state index is 4.68. The number of hydrogen-bond acceptors (Lipinski definition) is 1. The van der Waals surface area contributed by atoms with Gasteiger partial charge in [0, 0.05) is 0 Å². The molecule has 1 N–H and O–H groups in total. The van der Waals surface area contributed by atoms with Crippen LogP contribution in [0.4, 0.5) is 0 Å². The Labute approximate surface area is 256 Å². The van der Waals surface area contributed by atoms with Crippen molar-refractivity contribution < 1.29 is 13.4 Å². The van der Waals surface area contributed by atoms with Gasteiger partial charge in [-0.3, -0.25) is 5.32 Å². The highest BCUT2D eigenvalue weighted by molar-refractivity contribution is 5.19. The van der Waals surface area contributed by atoms with Crippen molar-refractivity contribution in [3.8, 4) is 0 Å². The van der Waals surface area contributed by atoms with Gasteiger partial charge in [-0.1, -0.05) is 19.7 Å². The first kappa shape index (κ1) is 34.5. The Hall–Kier alpha value is -0.940. The van der Waals surface area contributed by atoms with Crippen LogP contribution in [-0.2, 0) is 0 Å². The van der Waals surface area contributed by atoms with E-state index in [9.17, 15) is 0 Å². The van der Waals surface area contributed by atoms with E-state index in [1.165, 1.54) is 16.7 Å². The van der Waals surface area contributed by atoms with E-state index in [-0.39, 0.29) is 50.6 Å². The Morgan fingerprint density at radius 2 is 0.634 bits per heavy atom. The summed E-state index contributed by atoms with van der Waals surface area (Å²) in [5.41, 5.74) is 2.67. The molecular weight excluding hydrogens is 500 g/mol.